The SMILES string of the molecule is O=C(N/N=C\c1ccc([O-])c([N+](=O)[O-])c1)c1ccco1. The number of furan rings is 1. The molecule has 1 aromatic heterocycles. The molecule has 0 saturated carbocycles. The van der Waals surface area contributed by atoms with Gasteiger partial charge in [-0.05, 0) is 17.9 Å². The van der Waals surface area contributed by atoms with Crippen molar-refractivity contribution in [1.82, 2.24) is 5.43 Å². The molecule has 0 aliphatic rings. The van der Waals surface area contributed by atoms with Gasteiger partial charge in [0.1, 0.15) is 0 Å². The molecule has 1 heterocycles. The highest BCUT2D eigenvalue weighted by Crippen LogP contribution is 2.22. The number of hydrogen-bond acceptors (Lipinski definition) is 6. The number of amides is 1. The highest BCUT2D eigenvalue weighted by Gasteiger charge is 2.08. The molecule has 8 heteroatoms. The van der Waals surface area contributed by atoms with Crippen LogP contribution >= 0.6 is 0 Å². The molecule has 20 heavy (non-hydrogen) atoms. The second kappa shape index (κ2) is 5.65. The molecule has 0 unspecified atom stereocenters. The lowest BCUT2D eigenvalue weighted by Crippen LogP contribution is -2.16. The van der Waals surface area contributed by atoms with Gasteiger partial charge in [0, 0.05) is 11.6 Å². The monoisotopic (exact) mass is 274 g/mol. The Balaban J connectivity index is 2.07. The van der Waals surface area contributed by atoms with Crippen LogP contribution in [0.1, 0.15) is 16.1 Å². The number of nitro benzene ring substituents is 1. The third-order valence-corrected chi connectivity index (χ3v) is 2.30. The van der Waals surface area contributed by atoms with Gasteiger partial charge < -0.3 is 9.52 Å². The van der Waals surface area contributed by atoms with Crippen LogP contribution in [0.2, 0.25) is 0 Å². The largest absolute Gasteiger partial charge is 0.868 e. The molecule has 0 spiro atoms. The van der Waals surface area contributed by atoms with E-state index in [4.69, 9.17) is 4.42 Å². The van der Waals surface area contributed by atoms with E-state index in [9.17, 15) is 20.0 Å². The predicted octanol–water partition coefficient (Wildman–Crippen LogP) is 1.03. The molecular weight excluding hydrogens is 266 g/mol. The van der Waals surface area contributed by atoms with E-state index < -0.39 is 22.3 Å². The van der Waals surface area contributed by atoms with Crippen molar-refractivity contribution < 1.29 is 19.2 Å². The van der Waals surface area contributed by atoms with E-state index in [0.29, 0.717) is 5.56 Å². The summed E-state index contributed by atoms with van der Waals surface area (Å²) in [6, 6.07) is 6.51. The van der Waals surface area contributed by atoms with Crippen molar-refractivity contribution in [3.8, 4) is 5.75 Å². The van der Waals surface area contributed by atoms with Crippen LogP contribution in [0.4, 0.5) is 5.69 Å². The maximum absolute atomic E-state index is 11.4. The Morgan fingerprint density at radius 3 is 2.85 bits per heavy atom. The van der Waals surface area contributed by atoms with Crippen LogP contribution in [0.5, 0.6) is 5.75 Å². The van der Waals surface area contributed by atoms with Gasteiger partial charge in [0.15, 0.2) is 5.76 Å². The number of nitrogens with one attached hydrogen (secondary N) is 1. The molecule has 2 rings (SSSR count). The molecule has 0 bridgehead atoms. The number of hydrazone groups is 1. The first-order chi connectivity index (χ1) is 9.58. The normalized spacial score (nSPS) is 10.6. The third-order valence-electron chi connectivity index (χ3n) is 2.30. The summed E-state index contributed by atoms with van der Waals surface area (Å²) in [7, 11) is 0. The topological polar surface area (TPSA) is 121 Å². The van der Waals surface area contributed by atoms with Crippen molar-refractivity contribution in [2.75, 3.05) is 0 Å². The molecule has 102 valence electrons. The molecule has 0 atom stereocenters. The summed E-state index contributed by atoms with van der Waals surface area (Å²) in [6.07, 6.45) is 2.53. The molecular formula is C12H8N3O5-. The van der Waals surface area contributed by atoms with Crippen molar-refractivity contribution >= 4 is 17.8 Å². The van der Waals surface area contributed by atoms with Gasteiger partial charge in [0.05, 0.1) is 17.4 Å². The number of nitrogens with zero attached hydrogens (tertiary/aromatic N) is 2. The fourth-order valence-corrected chi connectivity index (χ4v) is 1.39. The molecule has 0 radical (unpaired) electrons. The number of carbonyl (C=O) groups excluding carboxylic acids is 1. The van der Waals surface area contributed by atoms with Crippen LogP contribution in [0.3, 0.4) is 0 Å². The molecule has 1 aromatic carbocycles. The van der Waals surface area contributed by atoms with E-state index in [1.807, 2.05) is 0 Å². The van der Waals surface area contributed by atoms with Crippen LogP contribution in [0.15, 0.2) is 46.1 Å². The number of carbonyl (C=O) groups is 1. The minimum Gasteiger partial charge on any atom is -0.868 e. The van der Waals surface area contributed by atoms with E-state index in [1.165, 1.54) is 24.6 Å². The van der Waals surface area contributed by atoms with Crippen LogP contribution in [0, 0.1) is 10.1 Å². The van der Waals surface area contributed by atoms with E-state index in [0.717, 1.165) is 12.1 Å². The minimum absolute atomic E-state index is 0.0861. The molecule has 2 aromatic rings. The molecule has 0 fully saturated rings. The Hall–Kier alpha value is -3.16. The lowest BCUT2D eigenvalue weighted by molar-refractivity contribution is -0.398. The summed E-state index contributed by atoms with van der Waals surface area (Å²) in [5, 5.41) is 25.4. The third kappa shape index (κ3) is 2.99. The van der Waals surface area contributed by atoms with Crippen LogP contribution in [0.25, 0.3) is 0 Å². The molecule has 0 aliphatic carbocycles. The second-order valence-electron chi connectivity index (χ2n) is 3.66. The smallest absolute Gasteiger partial charge is 0.307 e. The van der Waals surface area contributed by atoms with E-state index in [1.54, 1.807) is 6.07 Å². The van der Waals surface area contributed by atoms with Gasteiger partial charge in [-0.2, -0.15) is 5.10 Å². The number of nitro groups is 1. The van der Waals surface area contributed by atoms with Crippen molar-refractivity contribution in [2.45, 2.75) is 0 Å². The van der Waals surface area contributed by atoms with Crippen molar-refractivity contribution in [3.05, 3.63) is 58.0 Å². The fourth-order valence-electron chi connectivity index (χ4n) is 1.39. The summed E-state index contributed by atoms with van der Waals surface area (Å²) < 4.78 is 4.85. The van der Waals surface area contributed by atoms with Crippen molar-refractivity contribution in [1.29, 1.82) is 0 Å². The zero-order valence-electron chi connectivity index (χ0n) is 9.98. The Morgan fingerprint density at radius 2 is 2.20 bits per heavy atom. The van der Waals surface area contributed by atoms with Crippen molar-refractivity contribution in [2.24, 2.45) is 5.10 Å². The van der Waals surface area contributed by atoms with Crippen LogP contribution in [-0.2, 0) is 0 Å². The zero-order chi connectivity index (χ0) is 14.5. The number of rotatable bonds is 4. The van der Waals surface area contributed by atoms with Gasteiger partial charge in [-0.1, -0.05) is 12.1 Å². The quantitative estimate of drug-likeness (QED) is 0.507. The molecule has 0 aliphatic heterocycles. The first-order valence-corrected chi connectivity index (χ1v) is 5.40. The average molecular weight is 274 g/mol. The lowest BCUT2D eigenvalue weighted by Gasteiger charge is -2.05. The Bertz CT molecular complexity index is 664. The summed E-state index contributed by atoms with van der Waals surface area (Å²) in [5.74, 6) is -1.16. The maximum atomic E-state index is 11.4. The van der Waals surface area contributed by atoms with E-state index in [2.05, 4.69) is 10.5 Å². The second-order valence-corrected chi connectivity index (χ2v) is 3.66. The number of hydrogen-bond donors (Lipinski definition) is 1. The fraction of sp³-hybridized carbons (Fsp3) is 0. The zero-order valence-corrected chi connectivity index (χ0v) is 9.98. The summed E-state index contributed by atoms with van der Waals surface area (Å²) in [5.41, 5.74) is 1.95. The molecule has 1 N–H and O–H groups in total. The van der Waals surface area contributed by atoms with Gasteiger partial charge in [0.25, 0.3) is 5.69 Å². The van der Waals surface area contributed by atoms with Crippen molar-refractivity contribution in [3.63, 3.8) is 0 Å². The highest BCUT2D eigenvalue weighted by molar-refractivity contribution is 5.92. The van der Waals surface area contributed by atoms with Gasteiger partial charge in [0.2, 0.25) is 0 Å². The maximum Gasteiger partial charge on any atom is 0.307 e. The molecule has 1 amide bonds. The summed E-state index contributed by atoms with van der Waals surface area (Å²) in [4.78, 5) is 21.3. The summed E-state index contributed by atoms with van der Waals surface area (Å²) >= 11 is 0. The Labute approximate surface area is 112 Å². The van der Waals surface area contributed by atoms with Gasteiger partial charge in [-0.15, -0.1) is 0 Å². The Kier molecular flexibility index (Phi) is 3.75. The Morgan fingerprint density at radius 1 is 1.40 bits per heavy atom. The number of benzene rings is 1. The van der Waals surface area contributed by atoms with Gasteiger partial charge in [-0.25, -0.2) is 5.43 Å². The average Bonchev–Trinajstić information content (AvgIpc) is 2.94. The van der Waals surface area contributed by atoms with Crippen LogP contribution < -0.4 is 10.5 Å². The highest BCUT2D eigenvalue weighted by atomic mass is 16.6. The first kappa shape index (κ1) is 13.3. The summed E-state index contributed by atoms with van der Waals surface area (Å²) in [6.45, 7) is 0. The van der Waals surface area contributed by atoms with Gasteiger partial charge >= 0.3 is 5.91 Å². The predicted molar refractivity (Wildman–Crippen MR) is 66.3 cm³/mol. The standard InChI is InChI=1S/C12H9N3O5/c16-10-4-3-8(6-9(10)15(18)19)7-13-14-12(17)11-2-1-5-20-11/h1-7,16H,(H,14,17)/p-1/b13-7-. The molecule has 8 nitrogen and oxygen atoms in total. The van der Waals surface area contributed by atoms with Gasteiger partial charge in [-0.3, -0.25) is 14.9 Å². The van der Waals surface area contributed by atoms with E-state index in [-0.39, 0.29) is 5.76 Å². The van der Waals surface area contributed by atoms with E-state index >= 15 is 0 Å². The molecule has 0 saturated heterocycles. The minimum atomic E-state index is -0.777. The van der Waals surface area contributed by atoms with Crippen LogP contribution in [-0.4, -0.2) is 17.0 Å². The first-order valence-electron chi connectivity index (χ1n) is 5.40. The lowest BCUT2D eigenvalue weighted by atomic mass is 10.2.